The van der Waals surface area contributed by atoms with Crippen molar-refractivity contribution in [1.29, 1.82) is 0 Å². The number of nitrogens with zero attached hydrogens (tertiary/aromatic N) is 1. The van der Waals surface area contributed by atoms with E-state index < -0.39 is 0 Å². The molecular weight excluding hydrogens is 527 g/mol. The van der Waals surface area contributed by atoms with Gasteiger partial charge < -0.3 is 14.8 Å². The van der Waals surface area contributed by atoms with E-state index in [2.05, 4.69) is 5.32 Å². The number of carbonyl (C=O) groups excluding carboxylic acids is 2. The minimum atomic E-state index is -0.317. The number of thiocarbonyl (C=S) groups is 1. The Labute approximate surface area is 221 Å². The SMILES string of the molecule is COc1ccccc1NC(=O)COc1ccc(/C=C2/SC(=S)N(c3ccc(Cl)cc3Cl)C2=O)cc1. The zero-order valence-electron chi connectivity index (χ0n) is 18.3. The minimum absolute atomic E-state index is 0.169. The van der Waals surface area contributed by atoms with Gasteiger partial charge in [0.15, 0.2) is 10.9 Å². The monoisotopic (exact) mass is 544 g/mol. The summed E-state index contributed by atoms with van der Waals surface area (Å²) in [7, 11) is 1.54. The van der Waals surface area contributed by atoms with Crippen molar-refractivity contribution in [1.82, 2.24) is 0 Å². The van der Waals surface area contributed by atoms with Crippen molar-refractivity contribution < 1.29 is 19.1 Å². The van der Waals surface area contributed by atoms with E-state index in [4.69, 9.17) is 44.9 Å². The molecule has 1 fully saturated rings. The number of ether oxygens (including phenoxy) is 2. The van der Waals surface area contributed by atoms with E-state index in [0.29, 0.717) is 42.1 Å². The summed E-state index contributed by atoms with van der Waals surface area (Å²) in [6, 6.07) is 19.0. The molecule has 0 aliphatic carbocycles. The second kappa shape index (κ2) is 11.1. The van der Waals surface area contributed by atoms with Gasteiger partial charge in [0.05, 0.1) is 28.4 Å². The highest BCUT2D eigenvalue weighted by molar-refractivity contribution is 8.27. The first-order chi connectivity index (χ1) is 16.9. The molecule has 0 spiro atoms. The summed E-state index contributed by atoms with van der Waals surface area (Å²) in [5.74, 6) is 0.493. The van der Waals surface area contributed by atoms with Gasteiger partial charge in [-0.1, -0.05) is 71.4 Å². The Kier molecular flexibility index (Phi) is 7.97. The smallest absolute Gasteiger partial charge is 0.270 e. The van der Waals surface area contributed by atoms with Crippen LogP contribution in [0.25, 0.3) is 6.08 Å². The Morgan fingerprint density at radius 2 is 1.86 bits per heavy atom. The number of benzene rings is 3. The zero-order chi connectivity index (χ0) is 24.9. The van der Waals surface area contributed by atoms with Gasteiger partial charge in [-0.15, -0.1) is 0 Å². The molecule has 1 heterocycles. The Morgan fingerprint density at radius 1 is 1.11 bits per heavy atom. The maximum atomic E-state index is 13.0. The lowest BCUT2D eigenvalue weighted by Crippen LogP contribution is -2.27. The van der Waals surface area contributed by atoms with Crippen molar-refractivity contribution in [2.75, 3.05) is 23.9 Å². The van der Waals surface area contributed by atoms with Gasteiger partial charge in [-0.25, -0.2) is 0 Å². The summed E-state index contributed by atoms with van der Waals surface area (Å²) < 4.78 is 11.2. The molecule has 0 atom stereocenters. The van der Waals surface area contributed by atoms with E-state index in [1.807, 2.05) is 6.07 Å². The third kappa shape index (κ3) is 5.97. The first-order valence-electron chi connectivity index (χ1n) is 10.2. The molecule has 3 aromatic carbocycles. The number of anilines is 2. The molecule has 35 heavy (non-hydrogen) atoms. The number of rotatable bonds is 7. The predicted molar refractivity (Wildman–Crippen MR) is 146 cm³/mol. The van der Waals surface area contributed by atoms with E-state index in [1.165, 1.54) is 23.8 Å². The molecule has 178 valence electrons. The fraction of sp³-hybridized carbons (Fsp3) is 0.0800. The average Bonchev–Trinajstić information content (AvgIpc) is 3.11. The summed E-state index contributed by atoms with van der Waals surface area (Å²) in [5.41, 5.74) is 1.83. The fourth-order valence-electron chi connectivity index (χ4n) is 3.23. The summed E-state index contributed by atoms with van der Waals surface area (Å²) in [6.07, 6.45) is 1.74. The molecule has 0 aromatic heterocycles. The number of halogens is 2. The molecule has 2 amide bonds. The summed E-state index contributed by atoms with van der Waals surface area (Å²) in [5, 5.41) is 3.56. The van der Waals surface area contributed by atoms with Gasteiger partial charge in [-0.2, -0.15) is 0 Å². The lowest BCUT2D eigenvalue weighted by Gasteiger charge is -2.16. The van der Waals surface area contributed by atoms with E-state index >= 15 is 0 Å². The van der Waals surface area contributed by atoms with Gasteiger partial charge in [0.25, 0.3) is 11.8 Å². The number of amides is 2. The van der Waals surface area contributed by atoms with Crippen molar-refractivity contribution in [3.8, 4) is 11.5 Å². The average molecular weight is 545 g/mol. The molecule has 3 aromatic rings. The standard InChI is InChI=1S/C25H18Cl2N2O4S2/c1-32-21-5-3-2-4-19(21)28-23(30)14-33-17-9-6-15(7-10-17)12-22-24(31)29(25(34)35-22)20-11-8-16(26)13-18(20)27/h2-13H,14H2,1H3,(H,28,30)/b22-12+. The molecule has 0 radical (unpaired) electrons. The van der Waals surface area contributed by atoms with Crippen molar-refractivity contribution >= 4 is 80.8 Å². The molecule has 0 bridgehead atoms. The fourth-order valence-corrected chi connectivity index (χ4v) is 5.01. The number of methoxy groups -OCH3 is 1. The maximum Gasteiger partial charge on any atom is 0.270 e. The van der Waals surface area contributed by atoms with E-state index in [1.54, 1.807) is 66.7 Å². The molecular formula is C25H18Cl2N2O4S2. The molecule has 1 N–H and O–H groups in total. The van der Waals surface area contributed by atoms with Crippen LogP contribution < -0.4 is 19.7 Å². The first kappa shape index (κ1) is 25.1. The number of nitrogens with one attached hydrogen (secondary N) is 1. The van der Waals surface area contributed by atoms with Crippen LogP contribution in [0, 0.1) is 0 Å². The molecule has 10 heteroatoms. The Bertz CT molecular complexity index is 1330. The summed E-state index contributed by atoms with van der Waals surface area (Å²) >= 11 is 18.8. The third-order valence-corrected chi connectivity index (χ3v) is 6.71. The topological polar surface area (TPSA) is 67.9 Å². The molecule has 1 saturated heterocycles. The van der Waals surface area contributed by atoms with Gasteiger partial charge in [0.1, 0.15) is 11.5 Å². The van der Waals surface area contributed by atoms with Crippen LogP contribution in [0.4, 0.5) is 11.4 Å². The maximum absolute atomic E-state index is 13.0. The summed E-state index contributed by atoms with van der Waals surface area (Å²) in [6.45, 7) is -0.169. The highest BCUT2D eigenvalue weighted by Crippen LogP contribution is 2.39. The number of hydrogen-bond acceptors (Lipinski definition) is 6. The number of hydrogen-bond donors (Lipinski definition) is 1. The first-order valence-corrected chi connectivity index (χ1v) is 12.2. The number of thioether (sulfide) groups is 1. The van der Waals surface area contributed by atoms with Crippen LogP contribution in [-0.2, 0) is 9.59 Å². The van der Waals surface area contributed by atoms with Crippen molar-refractivity contribution in [2.45, 2.75) is 0 Å². The van der Waals surface area contributed by atoms with Crippen molar-refractivity contribution in [3.63, 3.8) is 0 Å². The highest BCUT2D eigenvalue weighted by Gasteiger charge is 2.34. The van der Waals surface area contributed by atoms with Gasteiger partial charge >= 0.3 is 0 Å². The van der Waals surface area contributed by atoms with Gasteiger partial charge in [0.2, 0.25) is 0 Å². The quantitative estimate of drug-likeness (QED) is 0.273. The van der Waals surface area contributed by atoms with E-state index in [9.17, 15) is 9.59 Å². The number of carbonyl (C=O) groups is 2. The van der Waals surface area contributed by atoms with Crippen molar-refractivity contribution in [2.24, 2.45) is 0 Å². The predicted octanol–water partition coefficient (Wildman–Crippen LogP) is 6.43. The third-order valence-electron chi connectivity index (χ3n) is 4.87. The second-order valence-corrected chi connectivity index (χ2v) is 9.74. The molecule has 0 saturated carbocycles. The Morgan fingerprint density at radius 3 is 2.57 bits per heavy atom. The largest absolute Gasteiger partial charge is 0.495 e. The minimum Gasteiger partial charge on any atom is -0.495 e. The van der Waals surface area contributed by atoms with Crippen LogP contribution in [0.1, 0.15) is 5.56 Å². The molecule has 0 unspecified atom stereocenters. The molecule has 6 nitrogen and oxygen atoms in total. The Hall–Kier alpha value is -3.04. The molecule has 1 aliphatic heterocycles. The van der Waals surface area contributed by atoms with Gasteiger partial charge in [-0.3, -0.25) is 14.5 Å². The zero-order valence-corrected chi connectivity index (χ0v) is 21.4. The van der Waals surface area contributed by atoms with Crippen LogP contribution in [0.2, 0.25) is 10.0 Å². The lowest BCUT2D eigenvalue weighted by atomic mass is 10.2. The lowest BCUT2D eigenvalue weighted by molar-refractivity contribution is -0.118. The van der Waals surface area contributed by atoms with Crippen LogP contribution >= 0.6 is 47.2 Å². The normalized spacial score (nSPS) is 14.4. The second-order valence-electron chi connectivity index (χ2n) is 7.22. The van der Waals surface area contributed by atoms with Crippen LogP contribution in [0.3, 0.4) is 0 Å². The number of para-hydroxylation sites is 2. The molecule has 4 rings (SSSR count). The Balaban J connectivity index is 1.39. The summed E-state index contributed by atoms with van der Waals surface area (Å²) in [4.78, 5) is 27.1. The van der Waals surface area contributed by atoms with E-state index in [-0.39, 0.29) is 18.4 Å². The highest BCUT2D eigenvalue weighted by atomic mass is 35.5. The van der Waals surface area contributed by atoms with Crippen LogP contribution in [-0.4, -0.2) is 29.9 Å². The van der Waals surface area contributed by atoms with Crippen LogP contribution in [0.15, 0.2) is 71.6 Å². The van der Waals surface area contributed by atoms with Crippen molar-refractivity contribution in [3.05, 3.63) is 87.2 Å². The molecule has 1 aliphatic rings. The van der Waals surface area contributed by atoms with Gasteiger partial charge in [0, 0.05) is 5.02 Å². The van der Waals surface area contributed by atoms with Gasteiger partial charge in [-0.05, 0) is 54.1 Å². The van der Waals surface area contributed by atoms with E-state index in [0.717, 1.165) is 5.56 Å². The van der Waals surface area contributed by atoms with Crippen LogP contribution in [0.5, 0.6) is 11.5 Å².